The fraction of sp³-hybridized carbons (Fsp3) is 0.357. The first kappa shape index (κ1) is 29.4. The Bertz CT molecular complexity index is 1000. The number of fused-ring (bicyclic) bond motifs is 2. The monoisotopic (exact) mass is 560 g/mol. The number of hydrogen-bond acceptors (Lipinski definition) is 0. The average molecular weight is 563 g/mol. The van der Waals surface area contributed by atoms with Crippen LogP contribution in [0.15, 0.2) is 48.5 Å². The van der Waals surface area contributed by atoms with Crippen LogP contribution in [-0.4, -0.2) is 9.52 Å². The van der Waals surface area contributed by atoms with Crippen LogP contribution >= 0.6 is 17.0 Å². The van der Waals surface area contributed by atoms with Gasteiger partial charge in [0.25, 0.3) is 0 Å². The van der Waals surface area contributed by atoms with E-state index in [1.165, 1.54) is 54.9 Å². The Morgan fingerprint density at radius 2 is 1.00 bits per heavy atom. The van der Waals surface area contributed by atoms with Crippen molar-refractivity contribution in [1.82, 2.24) is 0 Å². The van der Waals surface area contributed by atoms with Gasteiger partial charge in [0.1, 0.15) is 0 Å². The summed E-state index contributed by atoms with van der Waals surface area (Å²) in [6, 6.07) is 18.3. The number of aryl methyl sites for hydroxylation is 6. The number of hydrogen-bond donors (Lipinski definition) is 0. The molecule has 4 aromatic rings. The van der Waals surface area contributed by atoms with Crippen LogP contribution in [0.3, 0.4) is 0 Å². The van der Waals surface area contributed by atoms with Gasteiger partial charge in [0, 0.05) is 9.52 Å². The predicted octanol–water partition coefficient (Wildman–Crippen LogP) is 9.64. The molecule has 0 heterocycles. The van der Waals surface area contributed by atoms with Crippen molar-refractivity contribution >= 4 is 48.1 Å². The molecule has 0 N–H and O–H groups in total. The molecular weight excluding hydrogens is 527 g/mol. The van der Waals surface area contributed by atoms with Crippen molar-refractivity contribution in [3.8, 4) is 0 Å². The van der Waals surface area contributed by atoms with Gasteiger partial charge in [-0.2, -0.15) is 12.1 Å². The van der Waals surface area contributed by atoms with E-state index in [0.29, 0.717) is 0 Å². The molecule has 0 spiro atoms. The molecule has 4 aromatic carbocycles. The van der Waals surface area contributed by atoms with Crippen molar-refractivity contribution < 1.29 is 20.8 Å². The Hall–Kier alpha value is -0.660. The molecule has 0 amide bonds. The third-order valence-electron chi connectivity index (χ3n) is 5.28. The predicted molar refractivity (Wildman–Crippen MR) is 146 cm³/mol. The van der Waals surface area contributed by atoms with Crippen molar-refractivity contribution in [2.45, 2.75) is 67.5 Å². The standard InChI is InChI=1S/2C13H15.C2H6Si.2ClH.Zr/c2*1-4-11-7-12-6-9(2)5-10(3)13(12)8-11;1-3-2;;;/h2*5-8H,4H2,1-3H3;1-2H3;2*1H;/q2*-1;;;;+4/p-2. The summed E-state index contributed by atoms with van der Waals surface area (Å²) in [6.45, 7) is 17.4. The third-order valence-corrected chi connectivity index (χ3v) is 5.28. The van der Waals surface area contributed by atoms with Crippen LogP contribution in [0.2, 0.25) is 13.1 Å². The van der Waals surface area contributed by atoms with Crippen LogP contribution in [0.25, 0.3) is 21.5 Å². The molecule has 0 nitrogen and oxygen atoms in total. The van der Waals surface area contributed by atoms with Crippen molar-refractivity contribution in [1.29, 1.82) is 0 Å². The van der Waals surface area contributed by atoms with E-state index < -0.39 is 20.8 Å². The first-order chi connectivity index (χ1) is 15.2. The van der Waals surface area contributed by atoms with E-state index in [2.05, 4.69) is 103 Å². The van der Waals surface area contributed by atoms with Crippen LogP contribution < -0.4 is 0 Å². The minimum atomic E-state index is -0.826. The van der Waals surface area contributed by atoms with Crippen LogP contribution in [0.1, 0.15) is 47.2 Å². The van der Waals surface area contributed by atoms with Crippen LogP contribution in [-0.2, 0) is 33.7 Å². The van der Waals surface area contributed by atoms with E-state index in [0.717, 1.165) is 22.4 Å². The van der Waals surface area contributed by atoms with E-state index in [1.807, 2.05) is 0 Å². The Morgan fingerprint density at radius 1 is 0.688 bits per heavy atom. The summed E-state index contributed by atoms with van der Waals surface area (Å²) in [6.07, 6.45) is 2.26. The van der Waals surface area contributed by atoms with Gasteiger partial charge in [-0.25, -0.2) is 0 Å². The van der Waals surface area contributed by atoms with E-state index in [1.54, 1.807) is 0 Å². The topological polar surface area (TPSA) is 0 Å². The van der Waals surface area contributed by atoms with Crippen LogP contribution in [0.4, 0.5) is 0 Å². The van der Waals surface area contributed by atoms with Gasteiger partial charge in [0.2, 0.25) is 0 Å². The van der Waals surface area contributed by atoms with Crippen LogP contribution in [0.5, 0.6) is 0 Å². The molecule has 0 saturated carbocycles. The maximum absolute atomic E-state index is 4.93. The molecule has 0 aliphatic rings. The summed E-state index contributed by atoms with van der Waals surface area (Å²) < 4.78 is 0. The van der Waals surface area contributed by atoms with Gasteiger partial charge >= 0.3 is 37.9 Å². The van der Waals surface area contributed by atoms with Gasteiger partial charge in [-0.15, -0.1) is 56.9 Å². The van der Waals surface area contributed by atoms with E-state index in [4.69, 9.17) is 17.0 Å². The van der Waals surface area contributed by atoms with Crippen molar-refractivity contribution in [2.75, 3.05) is 0 Å². The first-order valence-corrected chi connectivity index (χ1v) is 19.4. The van der Waals surface area contributed by atoms with Crippen molar-refractivity contribution in [2.24, 2.45) is 0 Å². The molecule has 4 heteroatoms. The van der Waals surface area contributed by atoms with Gasteiger partial charge in [-0.1, -0.05) is 61.3 Å². The zero-order valence-electron chi connectivity index (χ0n) is 20.8. The fourth-order valence-electron chi connectivity index (χ4n) is 3.92. The van der Waals surface area contributed by atoms with E-state index >= 15 is 0 Å². The molecule has 0 saturated heterocycles. The Balaban J connectivity index is 0.000000258. The summed E-state index contributed by atoms with van der Waals surface area (Å²) in [7, 11) is 11.0. The van der Waals surface area contributed by atoms with E-state index in [9.17, 15) is 0 Å². The van der Waals surface area contributed by atoms with E-state index in [-0.39, 0.29) is 0 Å². The molecule has 4 rings (SSSR count). The quantitative estimate of drug-likeness (QED) is 0.169. The molecule has 0 atom stereocenters. The zero-order valence-corrected chi connectivity index (χ0v) is 25.8. The number of halogens is 2. The second kappa shape index (κ2) is 15.3. The Labute approximate surface area is 216 Å². The second-order valence-electron chi connectivity index (χ2n) is 8.18. The molecule has 170 valence electrons. The first-order valence-electron chi connectivity index (χ1n) is 11.1. The summed E-state index contributed by atoms with van der Waals surface area (Å²) in [4.78, 5) is 0. The molecule has 0 aliphatic carbocycles. The summed E-state index contributed by atoms with van der Waals surface area (Å²) in [5.41, 5.74) is 8.41. The van der Waals surface area contributed by atoms with Gasteiger partial charge in [0.05, 0.1) is 0 Å². The second-order valence-corrected chi connectivity index (χ2v) is 12.9. The fourth-order valence-corrected chi connectivity index (χ4v) is 3.92. The molecular formula is C28H36Cl2SiZr. The third kappa shape index (κ3) is 8.94. The van der Waals surface area contributed by atoms with Crippen molar-refractivity contribution in [3.05, 3.63) is 81.9 Å². The average Bonchev–Trinajstić information content (AvgIpc) is 3.33. The van der Waals surface area contributed by atoms with Gasteiger partial charge in [-0.3, -0.25) is 0 Å². The molecule has 0 aliphatic heterocycles. The molecule has 0 unspecified atom stereocenters. The normalized spacial score (nSPS) is 9.81. The summed E-state index contributed by atoms with van der Waals surface area (Å²) in [5, 5.41) is 5.63. The van der Waals surface area contributed by atoms with Crippen LogP contribution in [0, 0.1) is 27.7 Å². The molecule has 0 aromatic heterocycles. The van der Waals surface area contributed by atoms with Crippen molar-refractivity contribution in [3.63, 3.8) is 0 Å². The van der Waals surface area contributed by atoms with Gasteiger partial charge in [-0.05, 0) is 40.5 Å². The molecule has 2 radical (unpaired) electrons. The Kier molecular flexibility index (Phi) is 14.0. The zero-order chi connectivity index (χ0) is 24.3. The Morgan fingerprint density at radius 3 is 1.28 bits per heavy atom. The summed E-state index contributed by atoms with van der Waals surface area (Å²) in [5.74, 6) is 0. The molecule has 0 fully saturated rings. The minimum absolute atomic E-state index is 0.826. The summed E-state index contributed by atoms with van der Waals surface area (Å²) >= 11 is -0.826. The molecule has 0 bridgehead atoms. The van der Waals surface area contributed by atoms with Gasteiger partial charge < -0.3 is 0 Å². The SMILES string of the molecule is CCc1cc2c(C)cc(C)cc2[cH-]1.CCc1cc2c(C)cc(C)cc2[cH-]1.C[Si]C.[Cl][Zr+2][Cl]. The number of benzene rings is 2. The molecule has 32 heavy (non-hydrogen) atoms. The van der Waals surface area contributed by atoms with Gasteiger partial charge in [0.15, 0.2) is 0 Å². The number of rotatable bonds is 2. The maximum atomic E-state index is 4.93.